The van der Waals surface area contributed by atoms with Gasteiger partial charge in [-0.3, -0.25) is 13.6 Å². The Hall–Kier alpha value is -2.47. The molecule has 9 rings (SSSR count). The van der Waals surface area contributed by atoms with E-state index in [1.807, 2.05) is 0 Å². The molecule has 6 heterocycles. The zero-order valence-corrected chi connectivity index (χ0v) is 31.6. The monoisotopic (exact) mass is 746 g/mol. The predicted octanol–water partition coefficient (Wildman–Crippen LogP) is 6.68. The average molecular weight is 747 g/mol. The Balaban J connectivity index is 0.986. The molecule has 3 aromatic carbocycles. The highest BCUT2D eigenvalue weighted by molar-refractivity contribution is 7.48. The van der Waals surface area contributed by atoms with Crippen LogP contribution in [0.4, 0.5) is 0 Å². The third-order valence-electron chi connectivity index (χ3n) is 11.5. The van der Waals surface area contributed by atoms with E-state index < -0.39 is 26.1 Å². The Morgan fingerprint density at radius 2 is 0.717 bits per heavy atom. The summed E-state index contributed by atoms with van der Waals surface area (Å²) in [6.07, 6.45) is 1.22. The van der Waals surface area contributed by atoms with Gasteiger partial charge in [-0.15, -0.1) is 0 Å². The van der Waals surface area contributed by atoms with Crippen LogP contribution in [0.15, 0.2) is 72.8 Å². The molecule has 0 amide bonds. The molecular weight excluding hydrogens is 695 g/mol. The Morgan fingerprint density at radius 1 is 0.472 bits per heavy atom. The molecule has 0 saturated carbocycles. The fraction of sp³-hybridized carbons (Fsp3) is 0.571. The van der Waals surface area contributed by atoms with Crippen LogP contribution in [0.5, 0.6) is 0 Å². The summed E-state index contributed by atoms with van der Waals surface area (Å²) in [5.41, 5.74) is 6.88. The van der Waals surface area contributed by atoms with E-state index in [0.29, 0.717) is 38.1 Å². The van der Waals surface area contributed by atoms with Gasteiger partial charge in [0, 0.05) is 37.0 Å². The van der Waals surface area contributed by atoms with Crippen molar-refractivity contribution in [2.75, 3.05) is 39.6 Å². The minimum Gasteiger partial charge on any atom is -0.373 e. The van der Waals surface area contributed by atoms with Crippen molar-refractivity contribution >= 4 is 7.82 Å². The van der Waals surface area contributed by atoms with Crippen molar-refractivity contribution in [3.05, 3.63) is 106 Å². The van der Waals surface area contributed by atoms with Crippen LogP contribution in [-0.2, 0) is 65.8 Å². The van der Waals surface area contributed by atoms with E-state index in [0.717, 1.165) is 55.8 Å². The summed E-state index contributed by atoms with van der Waals surface area (Å²) >= 11 is 0. The molecule has 6 aliphatic heterocycles. The van der Waals surface area contributed by atoms with Gasteiger partial charge < -0.3 is 28.4 Å². The summed E-state index contributed by atoms with van der Waals surface area (Å²) in [6, 6.07) is 25.6. The van der Waals surface area contributed by atoms with Gasteiger partial charge >= 0.3 is 7.82 Å². The van der Waals surface area contributed by atoms with Crippen LogP contribution in [0.1, 0.15) is 71.9 Å². The Morgan fingerprint density at radius 3 is 0.925 bits per heavy atom. The average Bonchev–Trinajstić information content (AvgIpc) is 3.95. The molecule has 0 radical (unpaired) electrons. The zero-order chi connectivity index (χ0) is 36.1. The Kier molecular flexibility index (Phi) is 10.4. The number of phosphoric ester groups is 1. The maximum atomic E-state index is 15.5. The smallest absolute Gasteiger partial charge is 0.373 e. The number of epoxide rings is 6. The van der Waals surface area contributed by atoms with Crippen molar-refractivity contribution in [2.45, 2.75) is 113 Å². The van der Waals surface area contributed by atoms with E-state index in [4.69, 9.17) is 42.0 Å². The predicted molar refractivity (Wildman–Crippen MR) is 196 cm³/mol. The SMILES string of the molecule is CC(c1ccc(CC2CO2)cc1)C(OP(=O)(OC(C1CO1)C(C)c1ccc(CC2CO2)cc1)OC(C1CO1)C(C)c1ccc(CC2CO2)cc1)C1CO1. The van der Waals surface area contributed by atoms with Crippen LogP contribution in [0.3, 0.4) is 0 Å². The second-order valence-corrected chi connectivity index (χ2v) is 17.4. The maximum absolute atomic E-state index is 15.5. The molecule has 10 nitrogen and oxygen atoms in total. The fourth-order valence-corrected chi connectivity index (χ4v) is 9.49. The fourth-order valence-electron chi connectivity index (χ4n) is 7.49. The number of hydrogen-bond acceptors (Lipinski definition) is 10. The van der Waals surface area contributed by atoms with Gasteiger partial charge in [-0.05, 0) is 33.4 Å². The second kappa shape index (κ2) is 15.2. The van der Waals surface area contributed by atoms with Crippen LogP contribution < -0.4 is 0 Å². The lowest BCUT2D eigenvalue weighted by atomic mass is 9.92. The lowest BCUT2D eigenvalue weighted by molar-refractivity contribution is -0.00378. The first-order valence-electron chi connectivity index (χ1n) is 19.4. The Bertz CT molecular complexity index is 1520. The van der Waals surface area contributed by atoms with Gasteiger partial charge in [-0.2, -0.15) is 0 Å². The quantitative estimate of drug-likeness (QED) is 0.0863. The van der Waals surface area contributed by atoms with Crippen LogP contribution >= 0.6 is 7.82 Å². The highest BCUT2D eigenvalue weighted by Gasteiger charge is 2.52. The molecule has 6 aliphatic rings. The molecule has 11 heteroatoms. The first-order chi connectivity index (χ1) is 25.8. The number of ether oxygens (including phenoxy) is 6. The Labute approximate surface area is 312 Å². The van der Waals surface area contributed by atoms with Gasteiger partial charge in [-0.25, -0.2) is 4.57 Å². The van der Waals surface area contributed by atoms with Crippen molar-refractivity contribution in [3.63, 3.8) is 0 Å². The first kappa shape index (κ1) is 36.2. The first-order valence-corrected chi connectivity index (χ1v) is 20.8. The lowest BCUT2D eigenvalue weighted by Crippen LogP contribution is -2.33. The molecule has 0 aliphatic carbocycles. The van der Waals surface area contributed by atoms with E-state index in [9.17, 15) is 0 Å². The minimum atomic E-state index is -4.30. The van der Waals surface area contributed by atoms with Crippen LogP contribution in [-0.4, -0.2) is 94.6 Å². The molecule has 0 N–H and O–H groups in total. The van der Waals surface area contributed by atoms with E-state index >= 15 is 4.57 Å². The van der Waals surface area contributed by atoms with E-state index in [1.54, 1.807) is 0 Å². The van der Waals surface area contributed by atoms with E-state index in [1.165, 1.54) is 16.7 Å². The summed E-state index contributed by atoms with van der Waals surface area (Å²) < 4.78 is 69.6. The van der Waals surface area contributed by atoms with Crippen molar-refractivity contribution in [1.82, 2.24) is 0 Å². The van der Waals surface area contributed by atoms with Crippen molar-refractivity contribution in [1.29, 1.82) is 0 Å². The largest absolute Gasteiger partial charge is 0.475 e. The molecule has 12 atom stereocenters. The van der Waals surface area contributed by atoms with E-state index in [2.05, 4.69) is 93.6 Å². The van der Waals surface area contributed by atoms with Crippen LogP contribution in [0.2, 0.25) is 0 Å². The minimum absolute atomic E-state index is 0.152. The number of phosphoric acid groups is 1. The topological polar surface area (TPSA) is 120 Å². The number of benzene rings is 3. The molecule has 53 heavy (non-hydrogen) atoms. The third-order valence-corrected chi connectivity index (χ3v) is 13.0. The van der Waals surface area contributed by atoms with Crippen LogP contribution in [0, 0.1) is 0 Å². The lowest BCUT2D eigenvalue weighted by Gasteiger charge is -2.34. The maximum Gasteiger partial charge on any atom is 0.475 e. The highest BCUT2D eigenvalue weighted by Crippen LogP contribution is 2.59. The normalized spacial score (nSPS) is 31.0. The molecule has 12 unspecified atom stereocenters. The molecule has 6 fully saturated rings. The molecule has 3 aromatic rings. The summed E-state index contributed by atoms with van der Waals surface area (Å²) in [5.74, 6) is -0.455. The van der Waals surface area contributed by atoms with Gasteiger partial charge in [0.15, 0.2) is 0 Å². The highest BCUT2D eigenvalue weighted by atomic mass is 31.2. The van der Waals surface area contributed by atoms with Gasteiger partial charge in [-0.1, -0.05) is 93.6 Å². The molecule has 284 valence electrons. The summed E-state index contributed by atoms with van der Waals surface area (Å²) in [5, 5.41) is 0. The molecule has 6 saturated heterocycles. The van der Waals surface area contributed by atoms with Gasteiger partial charge in [0.25, 0.3) is 0 Å². The second-order valence-electron chi connectivity index (χ2n) is 15.8. The van der Waals surface area contributed by atoms with Crippen molar-refractivity contribution in [2.24, 2.45) is 0 Å². The van der Waals surface area contributed by atoms with Crippen molar-refractivity contribution < 1.29 is 46.6 Å². The summed E-state index contributed by atoms with van der Waals surface area (Å²) in [4.78, 5) is 0. The standard InChI is InChI=1S/C42H51O10P/c1-25(31-10-4-28(5-11-31)16-34-19-44-34)40(37-22-47-37)50-53(43,51-41(38-23-48-38)26(2)32-12-6-29(7-13-32)17-35-20-45-35)52-42(39-24-49-39)27(3)33-14-8-30(9-15-33)18-36-21-46-36/h4-15,25-27,34-42H,16-24H2,1-3H3. The van der Waals surface area contributed by atoms with Gasteiger partial charge in [0.05, 0.1) is 58.0 Å². The number of rotatable bonds is 21. The molecule has 0 spiro atoms. The third kappa shape index (κ3) is 9.50. The molecule has 0 aromatic heterocycles. The van der Waals surface area contributed by atoms with Gasteiger partial charge in [0.2, 0.25) is 0 Å². The molecule has 0 bridgehead atoms. The van der Waals surface area contributed by atoms with Crippen molar-refractivity contribution in [3.8, 4) is 0 Å². The van der Waals surface area contributed by atoms with E-state index in [-0.39, 0.29) is 36.1 Å². The summed E-state index contributed by atoms with van der Waals surface area (Å²) in [6.45, 7) is 10.3. The van der Waals surface area contributed by atoms with Gasteiger partial charge in [0.1, 0.15) is 36.6 Å². The molecular formula is C42H51O10P. The summed E-state index contributed by atoms with van der Waals surface area (Å²) in [7, 11) is -4.30. The zero-order valence-electron chi connectivity index (χ0n) is 30.8. The number of hydrogen-bond donors (Lipinski definition) is 0. The van der Waals surface area contributed by atoms with Crippen LogP contribution in [0.25, 0.3) is 0 Å².